The van der Waals surface area contributed by atoms with E-state index in [9.17, 15) is 25.3 Å². The summed E-state index contributed by atoms with van der Waals surface area (Å²) in [7, 11) is 1.50. The van der Waals surface area contributed by atoms with Gasteiger partial charge in [0.25, 0.3) is 11.6 Å². The Bertz CT molecular complexity index is 978. The van der Waals surface area contributed by atoms with E-state index >= 15 is 0 Å². The van der Waals surface area contributed by atoms with Crippen molar-refractivity contribution in [2.24, 2.45) is 0 Å². The van der Waals surface area contributed by atoms with Gasteiger partial charge < -0.3 is 19.9 Å². The molecule has 144 valence electrons. The summed E-state index contributed by atoms with van der Waals surface area (Å²) in [5.41, 5.74) is -0.0797. The maximum absolute atomic E-state index is 12.3. The Morgan fingerprint density at radius 2 is 2.07 bits per heavy atom. The van der Waals surface area contributed by atoms with Crippen molar-refractivity contribution in [1.82, 2.24) is 0 Å². The first-order valence-electron chi connectivity index (χ1n) is 8.11. The van der Waals surface area contributed by atoms with Crippen LogP contribution in [0, 0.1) is 21.4 Å². The summed E-state index contributed by atoms with van der Waals surface area (Å²) in [6.07, 6.45) is 1.35. The van der Waals surface area contributed by atoms with Crippen molar-refractivity contribution in [3.63, 3.8) is 0 Å². The van der Waals surface area contributed by atoms with Crippen LogP contribution in [0.2, 0.25) is 0 Å². The van der Waals surface area contributed by atoms with E-state index in [0.717, 1.165) is 12.1 Å². The van der Waals surface area contributed by atoms with Crippen LogP contribution in [0.1, 0.15) is 12.5 Å². The molecule has 0 aromatic heterocycles. The number of hydrogen-bond acceptors (Lipinski definition) is 7. The maximum Gasteiger partial charge on any atom is 0.273 e. The van der Waals surface area contributed by atoms with Gasteiger partial charge in [-0.05, 0) is 36.8 Å². The molecule has 2 aromatic rings. The van der Waals surface area contributed by atoms with Gasteiger partial charge in [0.15, 0.2) is 11.5 Å². The number of rotatable bonds is 7. The standard InChI is InChI=1S/C19H17N3O6/c1-3-28-18-9-12(4-7-17(18)27-2)8-13(11-20)19(24)21-15-6-5-14(22(25)26)10-16(15)23/h4-10,23H,3H2,1-2H3,(H,21,24)/b13-8+. The Balaban J connectivity index is 2.27. The fourth-order valence-electron chi connectivity index (χ4n) is 2.30. The predicted molar refractivity (Wildman–Crippen MR) is 101 cm³/mol. The van der Waals surface area contributed by atoms with Crippen molar-refractivity contribution in [1.29, 1.82) is 5.26 Å². The normalized spacial score (nSPS) is 10.7. The second-order valence-electron chi connectivity index (χ2n) is 5.43. The van der Waals surface area contributed by atoms with Crippen LogP contribution in [0.15, 0.2) is 42.0 Å². The number of methoxy groups -OCH3 is 1. The van der Waals surface area contributed by atoms with Crippen LogP contribution in [0.4, 0.5) is 11.4 Å². The van der Waals surface area contributed by atoms with E-state index in [1.807, 2.05) is 6.92 Å². The molecule has 0 heterocycles. The predicted octanol–water partition coefficient (Wildman–Crippen LogP) is 3.25. The van der Waals surface area contributed by atoms with E-state index < -0.39 is 16.6 Å². The fourth-order valence-corrected chi connectivity index (χ4v) is 2.30. The van der Waals surface area contributed by atoms with Gasteiger partial charge in [-0.25, -0.2) is 0 Å². The second kappa shape index (κ2) is 9.05. The van der Waals surface area contributed by atoms with Crippen LogP contribution in [0.3, 0.4) is 0 Å². The molecule has 0 aliphatic heterocycles. The number of non-ortho nitro benzene ring substituents is 1. The average Bonchev–Trinajstić information content (AvgIpc) is 2.67. The van der Waals surface area contributed by atoms with Gasteiger partial charge in [-0.2, -0.15) is 5.26 Å². The Morgan fingerprint density at radius 3 is 2.64 bits per heavy atom. The highest BCUT2D eigenvalue weighted by Gasteiger charge is 2.15. The van der Waals surface area contributed by atoms with Crippen LogP contribution in [0.5, 0.6) is 17.2 Å². The topological polar surface area (TPSA) is 135 Å². The Hall–Kier alpha value is -4.06. The molecule has 0 spiro atoms. The third-order valence-electron chi connectivity index (χ3n) is 3.60. The van der Waals surface area contributed by atoms with Crippen LogP contribution >= 0.6 is 0 Å². The van der Waals surface area contributed by atoms with Gasteiger partial charge in [0.2, 0.25) is 0 Å². The van der Waals surface area contributed by atoms with E-state index in [2.05, 4.69) is 5.32 Å². The first-order valence-corrected chi connectivity index (χ1v) is 8.11. The lowest BCUT2D eigenvalue weighted by Crippen LogP contribution is -2.13. The highest BCUT2D eigenvalue weighted by Crippen LogP contribution is 2.30. The number of nitro benzene ring substituents is 1. The van der Waals surface area contributed by atoms with E-state index in [1.54, 1.807) is 24.3 Å². The zero-order valence-electron chi connectivity index (χ0n) is 15.1. The van der Waals surface area contributed by atoms with Crippen LogP contribution in [-0.4, -0.2) is 29.7 Å². The largest absolute Gasteiger partial charge is 0.506 e. The number of phenolic OH excluding ortho intramolecular Hbond substituents is 1. The summed E-state index contributed by atoms with van der Waals surface area (Å²) < 4.78 is 10.6. The van der Waals surface area contributed by atoms with Crippen molar-refractivity contribution in [2.75, 3.05) is 19.0 Å². The van der Waals surface area contributed by atoms with Crippen molar-refractivity contribution < 1.29 is 24.3 Å². The van der Waals surface area contributed by atoms with Crippen molar-refractivity contribution >= 4 is 23.4 Å². The number of hydrogen-bond donors (Lipinski definition) is 2. The molecule has 0 atom stereocenters. The molecule has 0 aliphatic rings. The molecule has 0 aliphatic carbocycles. The first kappa shape index (κ1) is 20.3. The minimum absolute atomic E-state index is 0.0542. The molecular weight excluding hydrogens is 366 g/mol. The smallest absolute Gasteiger partial charge is 0.273 e. The Labute approximate surface area is 160 Å². The number of phenols is 1. The minimum Gasteiger partial charge on any atom is -0.506 e. The van der Waals surface area contributed by atoms with E-state index in [1.165, 1.54) is 19.3 Å². The fraction of sp³-hybridized carbons (Fsp3) is 0.158. The number of ether oxygens (including phenoxy) is 2. The van der Waals surface area contributed by atoms with Crippen molar-refractivity contribution in [3.05, 3.63) is 57.6 Å². The number of nitro groups is 1. The number of amides is 1. The zero-order chi connectivity index (χ0) is 20.7. The summed E-state index contributed by atoms with van der Waals surface area (Å²) in [5.74, 6) is -0.287. The van der Waals surface area contributed by atoms with Gasteiger partial charge in [0.1, 0.15) is 17.4 Å². The lowest BCUT2D eigenvalue weighted by atomic mass is 10.1. The van der Waals surface area contributed by atoms with Gasteiger partial charge in [0.05, 0.1) is 30.4 Å². The summed E-state index contributed by atoms with van der Waals surface area (Å²) in [5, 5.41) is 32.2. The molecule has 0 bridgehead atoms. The first-order chi connectivity index (χ1) is 13.4. The molecular formula is C19H17N3O6. The SMILES string of the molecule is CCOc1cc(/C=C(\C#N)C(=O)Nc2ccc([N+](=O)[O-])cc2O)ccc1OC. The zero-order valence-corrected chi connectivity index (χ0v) is 15.1. The highest BCUT2D eigenvalue weighted by molar-refractivity contribution is 6.10. The van der Waals surface area contributed by atoms with Gasteiger partial charge in [-0.3, -0.25) is 14.9 Å². The molecule has 0 unspecified atom stereocenters. The van der Waals surface area contributed by atoms with Crippen molar-refractivity contribution in [3.8, 4) is 23.3 Å². The molecule has 1 amide bonds. The van der Waals surface area contributed by atoms with Crippen LogP contribution in [-0.2, 0) is 4.79 Å². The molecule has 2 aromatic carbocycles. The van der Waals surface area contributed by atoms with Gasteiger partial charge in [-0.15, -0.1) is 0 Å². The van der Waals surface area contributed by atoms with Gasteiger partial charge in [-0.1, -0.05) is 6.07 Å². The molecule has 0 saturated heterocycles. The van der Waals surface area contributed by atoms with Crippen molar-refractivity contribution in [2.45, 2.75) is 6.92 Å². The number of carbonyl (C=O) groups is 1. The highest BCUT2D eigenvalue weighted by atomic mass is 16.6. The second-order valence-corrected chi connectivity index (χ2v) is 5.43. The molecule has 0 radical (unpaired) electrons. The third-order valence-corrected chi connectivity index (χ3v) is 3.60. The number of nitrogens with one attached hydrogen (secondary N) is 1. The Kier molecular flexibility index (Phi) is 6.54. The number of anilines is 1. The monoisotopic (exact) mass is 383 g/mol. The minimum atomic E-state index is -0.777. The lowest BCUT2D eigenvalue weighted by molar-refractivity contribution is -0.384. The number of aromatic hydroxyl groups is 1. The van der Waals surface area contributed by atoms with Gasteiger partial charge >= 0.3 is 0 Å². The Morgan fingerprint density at radius 1 is 1.32 bits per heavy atom. The molecule has 2 rings (SSSR count). The van der Waals surface area contributed by atoms with E-state index in [0.29, 0.717) is 23.7 Å². The van der Waals surface area contributed by atoms with Gasteiger partial charge in [0, 0.05) is 6.07 Å². The summed E-state index contributed by atoms with van der Waals surface area (Å²) >= 11 is 0. The maximum atomic E-state index is 12.3. The quantitative estimate of drug-likeness (QED) is 0.246. The number of nitrogens with zero attached hydrogens (tertiary/aromatic N) is 2. The van der Waals surface area contributed by atoms with Crippen LogP contribution in [0.25, 0.3) is 6.08 Å². The molecule has 28 heavy (non-hydrogen) atoms. The molecule has 0 fully saturated rings. The molecule has 9 heteroatoms. The van der Waals surface area contributed by atoms with Crippen LogP contribution < -0.4 is 14.8 Å². The lowest BCUT2D eigenvalue weighted by Gasteiger charge is -2.10. The third kappa shape index (κ3) is 4.76. The van der Waals surface area contributed by atoms with E-state index in [4.69, 9.17) is 9.47 Å². The van der Waals surface area contributed by atoms with E-state index in [-0.39, 0.29) is 16.9 Å². The number of nitriles is 1. The summed E-state index contributed by atoms with van der Waals surface area (Å²) in [4.78, 5) is 22.4. The summed E-state index contributed by atoms with van der Waals surface area (Å²) in [6.45, 7) is 2.22. The summed E-state index contributed by atoms with van der Waals surface area (Å²) in [6, 6.07) is 9.92. The molecule has 2 N–H and O–H groups in total. The molecule has 9 nitrogen and oxygen atoms in total. The molecule has 0 saturated carbocycles. The number of carbonyl (C=O) groups excluding carboxylic acids is 1. The average molecular weight is 383 g/mol. The number of benzene rings is 2.